The van der Waals surface area contributed by atoms with Gasteiger partial charge in [0.05, 0.1) is 5.71 Å². The van der Waals surface area contributed by atoms with E-state index in [0.29, 0.717) is 12.1 Å². The Bertz CT molecular complexity index is 1110. The lowest BCUT2D eigenvalue weighted by Gasteiger charge is -2.32. The first-order valence-electron chi connectivity index (χ1n) is 9.32. The highest BCUT2D eigenvalue weighted by atomic mass is 32.2. The van der Waals surface area contributed by atoms with Gasteiger partial charge in [0.25, 0.3) is 0 Å². The number of hydrogen-bond acceptors (Lipinski definition) is 8. The Morgan fingerprint density at radius 2 is 1.83 bits per heavy atom. The van der Waals surface area contributed by atoms with Gasteiger partial charge in [-0.05, 0) is 29.7 Å². The molecule has 1 aromatic carbocycles. The van der Waals surface area contributed by atoms with Gasteiger partial charge < -0.3 is 19.7 Å². The van der Waals surface area contributed by atoms with E-state index in [-0.39, 0.29) is 12.0 Å². The predicted octanol–water partition coefficient (Wildman–Crippen LogP) is 1.04. The molecular formula is C20H25N3O6S. The summed E-state index contributed by atoms with van der Waals surface area (Å²) in [5, 5.41) is 23.1. The molecule has 0 fully saturated rings. The smallest absolute Gasteiger partial charge is 0.250 e. The first kappa shape index (κ1) is 22.2. The highest BCUT2D eigenvalue weighted by Crippen LogP contribution is 2.31. The SMILES string of the molecule is Cn1cc(-c2ccc(C3=NO[C@@H](CC(C)(C(O)NO)S(C)(=O)=O)C3)cc2)ccc1=O. The summed E-state index contributed by atoms with van der Waals surface area (Å²) in [5.41, 5.74) is 4.87. The molecule has 2 heterocycles. The van der Waals surface area contributed by atoms with E-state index in [4.69, 9.17) is 10.0 Å². The molecule has 3 rings (SSSR count). The maximum absolute atomic E-state index is 12.2. The molecule has 30 heavy (non-hydrogen) atoms. The van der Waals surface area contributed by atoms with Gasteiger partial charge in [-0.3, -0.25) is 4.79 Å². The third-order valence-corrected chi connectivity index (χ3v) is 7.64. The monoisotopic (exact) mass is 435 g/mol. The van der Waals surface area contributed by atoms with E-state index in [1.54, 1.807) is 24.8 Å². The number of oxime groups is 1. The summed E-state index contributed by atoms with van der Waals surface area (Å²) in [5.74, 6) is 0. The molecule has 0 radical (unpaired) electrons. The maximum Gasteiger partial charge on any atom is 0.250 e. The van der Waals surface area contributed by atoms with E-state index in [9.17, 15) is 18.3 Å². The molecule has 2 unspecified atom stereocenters. The Morgan fingerprint density at radius 3 is 2.40 bits per heavy atom. The maximum atomic E-state index is 12.2. The number of aryl methyl sites for hydroxylation is 1. The topological polar surface area (TPSA) is 130 Å². The van der Waals surface area contributed by atoms with Gasteiger partial charge in [0.15, 0.2) is 9.84 Å². The van der Waals surface area contributed by atoms with Crippen LogP contribution in [0.5, 0.6) is 0 Å². The summed E-state index contributed by atoms with van der Waals surface area (Å²) in [6.07, 6.45) is 0.845. The number of nitrogens with one attached hydrogen (secondary N) is 1. The lowest BCUT2D eigenvalue weighted by Crippen LogP contribution is -2.54. The van der Waals surface area contributed by atoms with E-state index in [1.165, 1.54) is 17.6 Å². The van der Waals surface area contributed by atoms with Crippen molar-refractivity contribution >= 4 is 15.5 Å². The molecule has 9 nitrogen and oxygen atoms in total. The highest BCUT2D eigenvalue weighted by Gasteiger charge is 2.46. The van der Waals surface area contributed by atoms with E-state index < -0.39 is 26.9 Å². The van der Waals surface area contributed by atoms with Crippen LogP contribution in [-0.2, 0) is 21.7 Å². The van der Waals surface area contributed by atoms with Crippen molar-refractivity contribution in [2.75, 3.05) is 6.26 Å². The van der Waals surface area contributed by atoms with Crippen LogP contribution in [-0.4, -0.2) is 52.3 Å². The fraction of sp³-hybridized carbons (Fsp3) is 0.400. The molecule has 0 spiro atoms. The molecule has 10 heteroatoms. The molecule has 2 aromatic rings. The van der Waals surface area contributed by atoms with E-state index >= 15 is 0 Å². The first-order chi connectivity index (χ1) is 14.0. The Morgan fingerprint density at radius 1 is 1.23 bits per heavy atom. The van der Waals surface area contributed by atoms with Crippen LogP contribution in [0.2, 0.25) is 0 Å². The minimum Gasteiger partial charge on any atom is -0.392 e. The van der Waals surface area contributed by atoms with Crippen LogP contribution < -0.4 is 11.0 Å². The highest BCUT2D eigenvalue weighted by molar-refractivity contribution is 7.92. The largest absolute Gasteiger partial charge is 0.392 e. The Kier molecular flexibility index (Phi) is 6.14. The number of hydrogen-bond donors (Lipinski definition) is 3. The second-order valence-electron chi connectivity index (χ2n) is 7.73. The summed E-state index contributed by atoms with van der Waals surface area (Å²) >= 11 is 0. The lowest BCUT2D eigenvalue weighted by molar-refractivity contribution is -0.0355. The van der Waals surface area contributed by atoms with Gasteiger partial charge in [-0.1, -0.05) is 29.4 Å². The Balaban J connectivity index is 1.73. The van der Waals surface area contributed by atoms with E-state index in [2.05, 4.69) is 5.16 Å². The molecule has 0 saturated carbocycles. The molecule has 1 aliphatic heterocycles. The normalized spacial score (nSPS) is 19.6. The number of rotatable bonds is 7. The number of aliphatic hydroxyl groups is 1. The third-order valence-electron chi connectivity index (χ3n) is 5.55. The Labute approximate surface area is 174 Å². The molecule has 162 valence electrons. The molecular weight excluding hydrogens is 410 g/mol. The average molecular weight is 436 g/mol. The van der Waals surface area contributed by atoms with Crippen LogP contribution in [0.1, 0.15) is 25.3 Å². The van der Waals surface area contributed by atoms with Crippen molar-refractivity contribution in [3.05, 3.63) is 58.5 Å². The zero-order valence-corrected chi connectivity index (χ0v) is 17.8. The van der Waals surface area contributed by atoms with Crippen LogP contribution in [0, 0.1) is 0 Å². The molecule has 0 amide bonds. The van der Waals surface area contributed by atoms with Gasteiger partial charge in [0.2, 0.25) is 5.56 Å². The number of nitrogens with zero attached hydrogens (tertiary/aromatic N) is 2. The number of sulfone groups is 1. The number of hydroxylamine groups is 1. The number of aliphatic hydroxyl groups excluding tert-OH is 1. The van der Waals surface area contributed by atoms with Crippen molar-refractivity contribution in [3.63, 3.8) is 0 Å². The minimum atomic E-state index is -3.72. The standard InChI is InChI=1S/C20H25N3O6S/c1-20(19(25)21-26,30(3,27)28)11-16-10-17(22-29-16)14-6-4-13(5-7-14)15-8-9-18(24)23(2)12-15/h4-9,12,16,19,21,25-26H,10-11H2,1-3H3/t16-,19?,20?/m1/s1. The zero-order valence-electron chi connectivity index (χ0n) is 16.9. The van der Waals surface area contributed by atoms with Crippen LogP contribution in [0.25, 0.3) is 11.1 Å². The zero-order chi connectivity index (χ0) is 22.1. The van der Waals surface area contributed by atoms with Gasteiger partial charge in [0, 0.05) is 38.4 Å². The summed E-state index contributed by atoms with van der Waals surface area (Å²) in [6.45, 7) is 1.35. The second kappa shape index (κ2) is 8.31. The molecule has 1 aliphatic rings. The van der Waals surface area contributed by atoms with E-state index in [0.717, 1.165) is 22.9 Å². The summed E-state index contributed by atoms with van der Waals surface area (Å²) < 4.78 is 24.2. The number of aromatic nitrogens is 1. The quantitative estimate of drug-likeness (QED) is 0.437. The van der Waals surface area contributed by atoms with Crippen molar-refractivity contribution in [1.82, 2.24) is 10.0 Å². The summed E-state index contributed by atoms with van der Waals surface area (Å²) in [6, 6.07) is 10.8. The van der Waals surface area contributed by atoms with Crippen molar-refractivity contribution in [2.24, 2.45) is 12.2 Å². The van der Waals surface area contributed by atoms with Crippen LogP contribution in [0.4, 0.5) is 0 Å². The van der Waals surface area contributed by atoms with Gasteiger partial charge >= 0.3 is 0 Å². The Hall–Kier alpha value is -2.53. The second-order valence-corrected chi connectivity index (χ2v) is 10.2. The fourth-order valence-corrected chi connectivity index (χ4v) is 4.33. The van der Waals surface area contributed by atoms with Crippen LogP contribution in [0.3, 0.4) is 0 Å². The number of benzene rings is 1. The van der Waals surface area contributed by atoms with Crippen molar-refractivity contribution in [2.45, 2.75) is 36.8 Å². The summed E-state index contributed by atoms with van der Waals surface area (Å²) in [7, 11) is -2.02. The fourth-order valence-electron chi connectivity index (χ4n) is 3.38. The van der Waals surface area contributed by atoms with Gasteiger partial charge in [0.1, 0.15) is 17.1 Å². The van der Waals surface area contributed by atoms with Gasteiger partial charge in [-0.15, -0.1) is 0 Å². The summed E-state index contributed by atoms with van der Waals surface area (Å²) in [4.78, 5) is 17.0. The molecule has 0 saturated heterocycles. The lowest BCUT2D eigenvalue weighted by atomic mass is 9.95. The molecule has 0 aliphatic carbocycles. The third kappa shape index (κ3) is 4.31. The van der Waals surface area contributed by atoms with Crippen molar-refractivity contribution in [3.8, 4) is 11.1 Å². The predicted molar refractivity (Wildman–Crippen MR) is 112 cm³/mol. The van der Waals surface area contributed by atoms with Gasteiger partial charge in [-0.2, -0.15) is 5.48 Å². The van der Waals surface area contributed by atoms with Crippen molar-refractivity contribution < 1.29 is 23.6 Å². The van der Waals surface area contributed by atoms with Gasteiger partial charge in [-0.25, -0.2) is 8.42 Å². The average Bonchev–Trinajstić information content (AvgIpc) is 3.17. The van der Waals surface area contributed by atoms with Crippen LogP contribution in [0.15, 0.2) is 52.5 Å². The molecule has 1 aromatic heterocycles. The van der Waals surface area contributed by atoms with Crippen LogP contribution >= 0.6 is 0 Å². The minimum absolute atomic E-state index is 0.0519. The first-order valence-corrected chi connectivity index (χ1v) is 11.2. The molecule has 0 bridgehead atoms. The van der Waals surface area contributed by atoms with Crippen molar-refractivity contribution in [1.29, 1.82) is 0 Å². The molecule has 3 atom stereocenters. The van der Waals surface area contributed by atoms with E-state index in [1.807, 2.05) is 24.3 Å². The number of pyridine rings is 1. The molecule has 3 N–H and O–H groups in total.